The smallest absolute Gasteiger partial charge is 0.247 e. The quantitative estimate of drug-likeness (QED) is 0.231. The van der Waals surface area contributed by atoms with Gasteiger partial charge in [-0.2, -0.15) is 0 Å². The van der Waals surface area contributed by atoms with E-state index in [0.717, 1.165) is 82.0 Å². The maximum absolute atomic E-state index is 12.8. The van der Waals surface area contributed by atoms with Gasteiger partial charge in [-0.3, -0.25) is 14.4 Å². The summed E-state index contributed by atoms with van der Waals surface area (Å²) in [6.45, 7) is 5.45. The molecule has 4 aliphatic heterocycles. The number of likely N-dealkylation sites (N-methyl/N-ethyl adjacent to an activating group) is 3. The van der Waals surface area contributed by atoms with Crippen LogP contribution >= 0.6 is 0 Å². The Hall–Kier alpha value is -4.12. The number of nitrogens with one attached hydrogen (secondary N) is 3. The van der Waals surface area contributed by atoms with Crippen molar-refractivity contribution in [1.29, 1.82) is 0 Å². The van der Waals surface area contributed by atoms with Crippen LogP contribution in [0.15, 0.2) is 32.4 Å². The van der Waals surface area contributed by atoms with E-state index in [1.165, 1.54) is 103 Å². The Kier molecular flexibility index (Phi) is 17.0. The SMILES string of the molecule is CNC1C(=O)N(CC2CCCCC2)CCc2ncoc21.CNC1C(=O)N(CC2CCCCCC2)CCc2ncoc21.CNC1C(=O)N(CC2CCCCCO2)CCc2ncoc21. The Bertz CT molecular complexity index is 1750. The van der Waals surface area contributed by atoms with E-state index in [4.69, 9.17) is 18.0 Å². The van der Waals surface area contributed by atoms with Gasteiger partial charge in [-0.05, 0) is 71.5 Å². The van der Waals surface area contributed by atoms with E-state index in [0.29, 0.717) is 42.2 Å². The third kappa shape index (κ3) is 11.5. The minimum atomic E-state index is -0.434. The lowest BCUT2D eigenvalue weighted by molar-refractivity contribution is -0.136. The third-order valence-electron chi connectivity index (χ3n) is 13.8. The van der Waals surface area contributed by atoms with E-state index in [-0.39, 0.29) is 35.9 Å². The highest BCUT2D eigenvalue weighted by molar-refractivity contribution is 5.84. The molecule has 0 radical (unpaired) electrons. The van der Waals surface area contributed by atoms with Crippen molar-refractivity contribution < 1.29 is 32.4 Å². The molecule has 16 nitrogen and oxygen atoms in total. The molecule has 0 aromatic carbocycles. The van der Waals surface area contributed by atoms with Crippen molar-refractivity contribution in [2.75, 3.05) is 67.0 Å². The average Bonchev–Trinajstić information content (AvgIpc) is 3.89. The summed E-state index contributed by atoms with van der Waals surface area (Å²) in [7, 11) is 5.39. The molecule has 62 heavy (non-hydrogen) atoms. The van der Waals surface area contributed by atoms with Gasteiger partial charge in [0.25, 0.3) is 0 Å². The van der Waals surface area contributed by atoms with E-state index < -0.39 is 6.04 Å². The van der Waals surface area contributed by atoms with Gasteiger partial charge in [0, 0.05) is 65.1 Å². The van der Waals surface area contributed by atoms with Gasteiger partial charge in [0.1, 0.15) is 18.1 Å². The first kappa shape index (κ1) is 45.9. The molecule has 4 unspecified atom stereocenters. The molecule has 9 rings (SSSR count). The molecule has 3 fully saturated rings. The maximum Gasteiger partial charge on any atom is 0.247 e. The van der Waals surface area contributed by atoms with Gasteiger partial charge in [-0.25, -0.2) is 15.0 Å². The van der Waals surface area contributed by atoms with Crippen LogP contribution in [-0.2, 0) is 38.4 Å². The molecular weight excluding hydrogens is 791 g/mol. The normalized spacial score (nSPS) is 25.4. The van der Waals surface area contributed by atoms with Crippen molar-refractivity contribution in [3.8, 4) is 0 Å². The molecule has 2 aliphatic carbocycles. The summed E-state index contributed by atoms with van der Waals surface area (Å²) in [6.07, 6.45) is 25.7. The van der Waals surface area contributed by atoms with Crippen LogP contribution in [0.25, 0.3) is 0 Å². The summed E-state index contributed by atoms with van der Waals surface area (Å²) in [5, 5.41) is 9.22. The number of hydrogen-bond acceptors (Lipinski definition) is 13. The molecular formula is C46H71N9O7. The molecule has 0 bridgehead atoms. The first-order chi connectivity index (χ1) is 30.4. The van der Waals surface area contributed by atoms with Gasteiger partial charge in [0.15, 0.2) is 36.5 Å². The molecule has 0 spiro atoms. The molecule has 342 valence electrons. The van der Waals surface area contributed by atoms with Gasteiger partial charge >= 0.3 is 0 Å². The number of aromatic nitrogens is 3. The zero-order valence-corrected chi connectivity index (χ0v) is 37.4. The Morgan fingerprint density at radius 3 is 1.26 bits per heavy atom. The van der Waals surface area contributed by atoms with Crippen LogP contribution in [0.3, 0.4) is 0 Å². The zero-order chi connectivity index (χ0) is 43.3. The highest BCUT2D eigenvalue weighted by Crippen LogP contribution is 2.31. The highest BCUT2D eigenvalue weighted by Gasteiger charge is 2.37. The summed E-state index contributed by atoms with van der Waals surface area (Å²) in [4.78, 5) is 56.8. The molecule has 2 saturated carbocycles. The molecule has 16 heteroatoms. The van der Waals surface area contributed by atoms with Gasteiger partial charge in [0.2, 0.25) is 17.7 Å². The number of carbonyl (C=O) groups is 3. The molecule has 6 aliphatic rings. The Labute approximate surface area is 367 Å². The van der Waals surface area contributed by atoms with Crippen molar-refractivity contribution in [2.24, 2.45) is 11.8 Å². The second kappa shape index (κ2) is 23.0. The number of nitrogens with zero attached hydrogens (tertiary/aromatic N) is 6. The van der Waals surface area contributed by atoms with Crippen LogP contribution in [0.1, 0.15) is 149 Å². The first-order valence-corrected chi connectivity index (χ1v) is 23.6. The monoisotopic (exact) mass is 862 g/mol. The Morgan fingerprint density at radius 1 is 0.500 bits per heavy atom. The van der Waals surface area contributed by atoms with Gasteiger partial charge in [0.05, 0.1) is 23.2 Å². The summed E-state index contributed by atoms with van der Waals surface area (Å²) in [6, 6.07) is -1.19. The van der Waals surface area contributed by atoms with Crippen LogP contribution in [0.4, 0.5) is 0 Å². The maximum atomic E-state index is 12.8. The molecule has 3 amide bonds. The summed E-state index contributed by atoms with van der Waals surface area (Å²) >= 11 is 0. The number of hydrogen-bond donors (Lipinski definition) is 3. The first-order valence-electron chi connectivity index (χ1n) is 23.6. The number of carbonyl (C=O) groups excluding carboxylic acids is 3. The lowest BCUT2D eigenvalue weighted by Crippen LogP contribution is -2.43. The zero-order valence-electron chi connectivity index (χ0n) is 37.4. The van der Waals surface area contributed by atoms with E-state index in [9.17, 15) is 14.4 Å². The molecule has 3 aromatic heterocycles. The number of amides is 3. The number of ether oxygens (including phenoxy) is 1. The minimum Gasteiger partial charge on any atom is -0.446 e. The lowest BCUT2D eigenvalue weighted by atomic mass is 9.89. The standard InChI is InChI=1S/C16H25N3O2.C15H23N3O3.C15H23N3O2/c1-17-14-15-13(18-11-21-15)8-9-19(16(14)20)10-12-6-4-2-3-5-7-12;1-16-13-14-12(17-10-21-14)6-7-18(15(13)19)9-11-5-3-2-4-8-20-11;1-16-13-14-12(17-10-20-14)7-8-18(15(13)19)9-11-5-3-2-4-6-11/h11-12,14,17H,2-10H2,1H3;10-11,13,16H,2-9H2,1H3;10-11,13,16H,2-9H2,1H3. The van der Waals surface area contributed by atoms with Crippen molar-refractivity contribution in [3.05, 3.63) is 53.5 Å². The minimum absolute atomic E-state index is 0.0563. The van der Waals surface area contributed by atoms with Crippen LogP contribution in [0, 0.1) is 11.8 Å². The fourth-order valence-corrected chi connectivity index (χ4v) is 10.3. The van der Waals surface area contributed by atoms with Crippen molar-refractivity contribution >= 4 is 17.7 Å². The molecule has 7 heterocycles. The second-order valence-corrected chi connectivity index (χ2v) is 18.0. The molecule has 1 saturated heterocycles. The van der Waals surface area contributed by atoms with E-state index in [2.05, 4.69) is 30.9 Å². The van der Waals surface area contributed by atoms with Crippen molar-refractivity contribution in [2.45, 2.75) is 140 Å². The van der Waals surface area contributed by atoms with E-state index >= 15 is 0 Å². The van der Waals surface area contributed by atoms with Gasteiger partial charge in [-0.1, -0.05) is 57.8 Å². The summed E-state index contributed by atoms with van der Waals surface area (Å²) in [5.74, 6) is 3.71. The predicted molar refractivity (Wildman–Crippen MR) is 232 cm³/mol. The van der Waals surface area contributed by atoms with Crippen LogP contribution in [-0.4, -0.2) is 120 Å². The number of fused-ring (bicyclic) bond motifs is 3. The van der Waals surface area contributed by atoms with Crippen molar-refractivity contribution in [3.63, 3.8) is 0 Å². The fraction of sp³-hybridized carbons (Fsp3) is 0.739. The summed E-state index contributed by atoms with van der Waals surface area (Å²) in [5.41, 5.74) is 2.72. The van der Waals surface area contributed by atoms with Crippen LogP contribution < -0.4 is 16.0 Å². The van der Waals surface area contributed by atoms with Gasteiger partial charge in [-0.15, -0.1) is 0 Å². The lowest BCUT2D eigenvalue weighted by Gasteiger charge is -2.30. The van der Waals surface area contributed by atoms with Gasteiger partial charge < -0.3 is 48.6 Å². The molecule has 3 aromatic rings. The van der Waals surface area contributed by atoms with Crippen LogP contribution in [0.5, 0.6) is 0 Å². The second-order valence-electron chi connectivity index (χ2n) is 18.0. The predicted octanol–water partition coefficient (Wildman–Crippen LogP) is 5.47. The summed E-state index contributed by atoms with van der Waals surface area (Å²) < 4.78 is 22.2. The van der Waals surface area contributed by atoms with Crippen LogP contribution in [0.2, 0.25) is 0 Å². The number of rotatable bonds is 9. The number of oxazole rings is 3. The average molecular weight is 862 g/mol. The van der Waals surface area contributed by atoms with E-state index in [1.807, 2.05) is 21.7 Å². The molecule has 4 atom stereocenters. The van der Waals surface area contributed by atoms with E-state index in [1.54, 1.807) is 14.1 Å². The fourth-order valence-electron chi connectivity index (χ4n) is 10.3. The Morgan fingerprint density at radius 2 is 0.855 bits per heavy atom. The Balaban J connectivity index is 0.000000140. The largest absolute Gasteiger partial charge is 0.446 e. The highest BCUT2D eigenvalue weighted by atomic mass is 16.5. The third-order valence-corrected chi connectivity index (χ3v) is 13.8. The topological polar surface area (TPSA) is 184 Å². The molecule has 3 N–H and O–H groups in total. The van der Waals surface area contributed by atoms with Crippen molar-refractivity contribution in [1.82, 2.24) is 45.6 Å².